The highest BCUT2D eigenvalue weighted by molar-refractivity contribution is 7.92. The van der Waals surface area contributed by atoms with Crippen molar-refractivity contribution >= 4 is 38.2 Å². The van der Waals surface area contributed by atoms with Gasteiger partial charge < -0.3 is 10.1 Å². The lowest BCUT2D eigenvalue weighted by molar-refractivity contribution is -0.116. The molecule has 0 spiro atoms. The number of ether oxygens (including phenoxy) is 1. The summed E-state index contributed by atoms with van der Waals surface area (Å²) in [5, 5.41) is 3.73. The van der Waals surface area contributed by atoms with E-state index in [1.54, 1.807) is 36.5 Å². The highest BCUT2D eigenvalue weighted by atomic mass is 32.2. The number of methoxy groups -OCH3 is 1. The van der Waals surface area contributed by atoms with E-state index in [0.717, 1.165) is 11.6 Å². The van der Waals surface area contributed by atoms with Crippen LogP contribution in [0.15, 0.2) is 60.8 Å². The van der Waals surface area contributed by atoms with E-state index in [9.17, 15) is 13.2 Å². The van der Waals surface area contributed by atoms with Gasteiger partial charge in [-0.3, -0.25) is 14.1 Å². The normalized spacial score (nSPS) is 11.2. The number of para-hydroxylation sites is 1. The summed E-state index contributed by atoms with van der Waals surface area (Å²) >= 11 is 0. The van der Waals surface area contributed by atoms with Crippen LogP contribution in [0, 0.1) is 0 Å². The first-order valence-electron chi connectivity index (χ1n) is 8.64. The first kappa shape index (κ1) is 19.6. The van der Waals surface area contributed by atoms with Crippen LogP contribution in [-0.4, -0.2) is 39.2 Å². The molecule has 0 aliphatic rings. The molecule has 1 aromatic heterocycles. The molecule has 0 atom stereocenters. The molecule has 28 heavy (non-hydrogen) atoms. The van der Waals surface area contributed by atoms with Gasteiger partial charge in [-0.05, 0) is 24.3 Å². The smallest absolute Gasteiger partial charge is 0.232 e. The third-order valence-corrected chi connectivity index (χ3v) is 5.38. The number of aromatic nitrogens is 1. The average molecular weight is 399 g/mol. The maximum absolute atomic E-state index is 12.5. The van der Waals surface area contributed by atoms with Gasteiger partial charge in [-0.2, -0.15) is 0 Å². The van der Waals surface area contributed by atoms with Crippen LogP contribution in [0.4, 0.5) is 11.4 Å². The van der Waals surface area contributed by atoms with E-state index in [4.69, 9.17) is 4.74 Å². The Morgan fingerprint density at radius 2 is 1.89 bits per heavy atom. The van der Waals surface area contributed by atoms with Crippen molar-refractivity contribution in [1.82, 2.24) is 4.98 Å². The molecule has 1 amide bonds. The van der Waals surface area contributed by atoms with Gasteiger partial charge >= 0.3 is 0 Å². The number of pyridine rings is 1. The summed E-state index contributed by atoms with van der Waals surface area (Å²) in [6.07, 6.45) is 2.76. The van der Waals surface area contributed by atoms with Crippen LogP contribution < -0.4 is 14.4 Å². The van der Waals surface area contributed by atoms with Gasteiger partial charge in [-0.15, -0.1) is 0 Å². The first-order valence-corrected chi connectivity index (χ1v) is 10.5. The molecule has 3 rings (SSSR count). The second-order valence-electron chi connectivity index (χ2n) is 6.22. The fourth-order valence-electron chi connectivity index (χ4n) is 2.87. The van der Waals surface area contributed by atoms with E-state index < -0.39 is 10.0 Å². The van der Waals surface area contributed by atoms with E-state index in [0.29, 0.717) is 22.6 Å². The summed E-state index contributed by atoms with van der Waals surface area (Å²) in [5.41, 5.74) is 1.72. The van der Waals surface area contributed by atoms with E-state index in [2.05, 4.69) is 10.3 Å². The molecule has 0 bridgehead atoms. The number of rotatable bonds is 7. The molecule has 0 radical (unpaired) electrons. The van der Waals surface area contributed by atoms with Gasteiger partial charge in [0.15, 0.2) is 0 Å². The quantitative estimate of drug-likeness (QED) is 0.660. The van der Waals surface area contributed by atoms with Gasteiger partial charge in [0.05, 0.1) is 30.3 Å². The maximum Gasteiger partial charge on any atom is 0.232 e. The summed E-state index contributed by atoms with van der Waals surface area (Å²) < 4.78 is 30.8. The van der Waals surface area contributed by atoms with Crippen molar-refractivity contribution in [2.24, 2.45) is 0 Å². The molecule has 7 nitrogen and oxygen atoms in total. The van der Waals surface area contributed by atoms with Gasteiger partial charge in [-0.1, -0.05) is 24.3 Å². The van der Waals surface area contributed by atoms with Gasteiger partial charge in [0.25, 0.3) is 0 Å². The van der Waals surface area contributed by atoms with E-state index in [1.165, 1.54) is 11.4 Å². The van der Waals surface area contributed by atoms with Crippen LogP contribution >= 0.6 is 0 Å². The number of sulfonamides is 1. The SMILES string of the molecule is COc1cccc(N(CCC(=O)Nc2cccc3cccnc23)S(C)(=O)=O)c1. The summed E-state index contributed by atoms with van der Waals surface area (Å²) in [5.74, 6) is 0.243. The molecule has 3 aromatic rings. The minimum absolute atomic E-state index is 0.00645. The number of anilines is 2. The van der Waals surface area contributed by atoms with Crippen LogP contribution in [0.2, 0.25) is 0 Å². The maximum atomic E-state index is 12.5. The summed E-state index contributed by atoms with van der Waals surface area (Å²) in [6.45, 7) is 0.00995. The summed E-state index contributed by atoms with van der Waals surface area (Å²) in [4.78, 5) is 16.8. The molecule has 0 fully saturated rings. The third-order valence-electron chi connectivity index (χ3n) is 4.19. The van der Waals surface area contributed by atoms with Crippen molar-refractivity contribution in [1.29, 1.82) is 0 Å². The Labute approximate surface area is 164 Å². The zero-order chi connectivity index (χ0) is 20.1. The Hall–Kier alpha value is -3.13. The van der Waals surface area contributed by atoms with Crippen LogP contribution in [0.3, 0.4) is 0 Å². The second kappa shape index (κ2) is 8.26. The minimum atomic E-state index is -3.56. The molecule has 1 heterocycles. The predicted octanol–water partition coefficient (Wildman–Crippen LogP) is 3.04. The van der Waals surface area contributed by atoms with Gasteiger partial charge in [0.1, 0.15) is 5.75 Å². The van der Waals surface area contributed by atoms with Gasteiger partial charge in [0, 0.05) is 30.6 Å². The number of hydrogen-bond donors (Lipinski definition) is 1. The van der Waals surface area contributed by atoms with Crippen LogP contribution in [0.1, 0.15) is 6.42 Å². The Morgan fingerprint density at radius 3 is 2.64 bits per heavy atom. The highest BCUT2D eigenvalue weighted by Crippen LogP contribution is 2.24. The number of amides is 1. The topological polar surface area (TPSA) is 88.6 Å². The Kier molecular flexibility index (Phi) is 5.79. The fourth-order valence-corrected chi connectivity index (χ4v) is 3.79. The molecular weight excluding hydrogens is 378 g/mol. The monoisotopic (exact) mass is 399 g/mol. The molecule has 1 N–H and O–H groups in total. The number of benzene rings is 2. The fraction of sp³-hybridized carbons (Fsp3) is 0.200. The Bertz CT molecular complexity index is 1090. The molecular formula is C20H21N3O4S. The second-order valence-corrected chi connectivity index (χ2v) is 8.12. The highest BCUT2D eigenvalue weighted by Gasteiger charge is 2.19. The molecule has 0 aliphatic heterocycles. The Balaban J connectivity index is 1.75. The number of fused-ring (bicyclic) bond motifs is 1. The minimum Gasteiger partial charge on any atom is -0.497 e. The largest absolute Gasteiger partial charge is 0.497 e. The molecule has 0 saturated carbocycles. The van der Waals surface area contributed by atoms with Crippen LogP contribution in [0.5, 0.6) is 5.75 Å². The van der Waals surface area contributed by atoms with Crippen molar-refractivity contribution in [3.05, 3.63) is 60.8 Å². The molecule has 2 aromatic carbocycles. The average Bonchev–Trinajstić information content (AvgIpc) is 2.67. The van der Waals surface area contributed by atoms with Crippen molar-refractivity contribution in [3.63, 3.8) is 0 Å². The van der Waals surface area contributed by atoms with Gasteiger partial charge in [0.2, 0.25) is 15.9 Å². The third kappa shape index (κ3) is 4.58. The lowest BCUT2D eigenvalue weighted by Crippen LogP contribution is -2.33. The Morgan fingerprint density at radius 1 is 1.14 bits per heavy atom. The van der Waals surface area contributed by atoms with E-state index in [1.807, 2.05) is 24.3 Å². The number of hydrogen-bond acceptors (Lipinski definition) is 5. The zero-order valence-corrected chi connectivity index (χ0v) is 16.4. The number of carbonyl (C=O) groups excluding carboxylic acids is 1. The lowest BCUT2D eigenvalue weighted by Gasteiger charge is -2.22. The number of nitrogens with zero attached hydrogens (tertiary/aromatic N) is 2. The molecule has 0 unspecified atom stereocenters. The number of carbonyl (C=O) groups is 1. The predicted molar refractivity (Wildman–Crippen MR) is 110 cm³/mol. The van der Waals surface area contributed by atoms with Gasteiger partial charge in [-0.25, -0.2) is 8.42 Å². The van der Waals surface area contributed by atoms with E-state index in [-0.39, 0.29) is 18.9 Å². The number of nitrogens with one attached hydrogen (secondary N) is 1. The standard InChI is InChI=1S/C20H21N3O4S/c1-27-17-9-4-8-16(14-17)23(28(2,25)26)13-11-19(24)22-18-10-3-6-15-7-5-12-21-20(15)18/h3-10,12,14H,11,13H2,1-2H3,(H,22,24). The summed E-state index contributed by atoms with van der Waals surface area (Å²) in [6, 6.07) is 16.0. The van der Waals surface area contributed by atoms with Crippen LogP contribution in [-0.2, 0) is 14.8 Å². The van der Waals surface area contributed by atoms with Crippen molar-refractivity contribution in [2.75, 3.05) is 29.5 Å². The molecule has 0 aliphatic carbocycles. The van der Waals surface area contributed by atoms with Crippen molar-refractivity contribution in [3.8, 4) is 5.75 Å². The lowest BCUT2D eigenvalue weighted by atomic mass is 10.2. The zero-order valence-electron chi connectivity index (χ0n) is 15.6. The van der Waals surface area contributed by atoms with Crippen molar-refractivity contribution in [2.45, 2.75) is 6.42 Å². The molecule has 8 heteroatoms. The van der Waals surface area contributed by atoms with Crippen LogP contribution in [0.25, 0.3) is 10.9 Å². The molecule has 146 valence electrons. The molecule has 0 saturated heterocycles. The summed E-state index contributed by atoms with van der Waals surface area (Å²) in [7, 11) is -2.05. The van der Waals surface area contributed by atoms with Crippen molar-refractivity contribution < 1.29 is 17.9 Å². The first-order chi connectivity index (χ1) is 13.4. The van der Waals surface area contributed by atoms with E-state index >= 15 is 0 Å².